The molecule has 0 aromatic heterocycles. The van der Waals surface area contributed by atoms with Crippen LogP contribution in [0.2, 0.25) is 0 Å². The summed E-state index contributed by atoms with van der Waals surface area (Å²) in [6.07, 6.45) is 1.94. The number of carbonyl (C=O) groups excluding carboxylic acids is 5. The SMILES string of the molecule is CC(C)CC(CC(=O)C(CCCN=C(N)N)NC(=O)CCc1ccccc1)C(=O)NC(C(=O)CC(Cc1ccccc1)C(N)=O)C(C)C. The van der Waals surface area contributed by atoms with Crippen LogP contribution in [0.3, 0.4) is 0 Å². The summed E-state index contributed by atoms with van der Waals surface area (Å²) >= 11 is 0. The first kappa shape index (κ1) is 39.6. The van der Waals surface area contributed by atoms with E-state index in [1.807, 2.05) is 88.4 Å². The van der Waals surface area contributed by atoms with Crippen LogP contribution in [0.5, 0.6) is 0 Å². The lowest BCUT2D eigenvalue weighted by Gasteiger charge is -2.27. The Labute approximate surface area is 284 Å². The highest BCUT2D eigenvalue weighted by Crippen LogP contribution is 2.21. The molecule has 2 aromatic rings. The van der Waals surface area contributed by atoms with Crippen LogP contribution in [-0.2, 0) is 36.8 Å². The monoisotopic (exact) mass is 662 g/mol. The maximum Gasteiger partial charge on any atom is 0.224 e. The second-order valence-electron chi connectivity index (χ2n) is 13.2. The van der Waals surface area contributed by atoms with Crippen molar-refractivity contribution in [1.29, 1.82) is 0 Å². The average molecular weight is 663 g/mol. The highest BCUT2D eigenvalue weighted by molar-refractivity contribution is 5.95. The van der Waals surface area contributed by atoms with Crippen molar-refractivity contribution >= 4 is 35.2 Å². The topological polar surface area (TPSA) is 200 Å². The number of ketones is 2. The van der Waals surface area contributed by atoms with Crippen LogP contribution < -0.4 is 27.8 Å². The number of guanidine groups is 1. The molecule has 0 radical (unpaired) electrons. The lowest BCUT2D eigenvalue weighted by atomic mass is 9.86. The number of primary amides is 1. The van der Waals surface area contributed by atoms with Gasteiger partial charge in [-0.25, -0.2) is 0 Å². The molecule has 3 amide bonds. The normalized spacial score (nSPS) is 13.6. The van der Waals surface area contributed by atoms with Gasteiger partial charge in [0, 0.05) is 37.6 Å². The molecule has 8 N–H and O–H groups in total. The third-order valence-corrected chi connectivity index (χ3v) is 8.21. The lowest BCUT2D eigenvalue weighted by molar-refractivity contribution is -0.135. The number of carbonyl (C=O) groups is 5. The van der Waals surface area contributed by atoms with E-state index in [0.717, 1.165) is 11.1 Å². The summed E-state index contributed by atoms with van der Waals surface area (Å²) < 4.78 is 0. The van der Waals surface area contributed by atoms with Crippen LogP contribution in [0, 0.1) is 23.7 Å². The average Bonchev–Trinajstić information content (AvgIpc) is 3.03. The number of amides is 3. The molecule has 0 heterocycles. The lowest BCUT2D eigenvalue weighted by Crippen LogP contribution is -2.49. The van der Waals surface area contributed by atoms with E-state index in [9.17, 15) is 24.0 Å². The molecule has 11 nitrogen and oxygen atoms in total. The summed E-state index contributed by atoms with van der Waals surface area (Å²) in [6, 6.07) is 17.2. The van der Waals surface area contributed by atoms with Gasteiger partial charge in [-0.1, -0.05) is 88.4 Å². The zero-order valence-corrected chi connectivity index (χ0v) is 28.8. The van der Waals surface area contributed by atoms with Gasteiger partial charge in [0.25, 0.3) is 0 Å². The Kier molecular flexibility index (Phi) is 17.0. The Hall–Kier alpha value is -4.54. The standard InChI is InChI=1S/C37H54N6O5/c1-24(2)20-29(36(48)43-34(25(3)4)32(45)22-28(35(38)47)21-27-14-9-6-10-15-27)23-31(44)30(16-11-19-41-37(39)40)42-33(46)18-17-26-12-7-5-8-13-26/h5-10,12-15,24-25,28-30,34H,11,16-23H2,1-4H3,(H2,38,47)(H,42,46)(H,43,48)(H4,39,40,41). The van der Waals surface area contributed by atoms with Crippen molar-refractivity contribution in [3.63, 3.8) is 0 Å². The maximum atomic E-state index is 13.7. The predicted octanol–water partition coefficient (Wildman–Crippen LogP) is 3.22. The Morgan fingerprint density at radius 2 is 1.33 bits per heavy atom. The van der Waals surface area contributed by atoms with E-state index in [4.69, 9.17) is 17.2 Å². The maximum absolute atomic E-state index is 13.7. The molecule has 0 saturated carbocycles. The highest BCUT2D eigenvalue weighted by Gasteiger charge is 2.33. The number of benzene rings is 2. The Morgan fingerprint density at radius 3 is 1.88 bits per heavy atom. The van der Waals surface area contributed by atoms with Crippen molar-refractivity contribution < 1.29 is 24.0 Å². The van der Waals surface area contributed by atoms with Crippen LogP contribution in [-0.4, -0.2) is 53.9 Å². The minimum absolute atomic E-state index is 0.0603. The zero-order valence-electron chi connectivity index (χ0n) is 28.8. The largest absolute Gasteiger partial charge is 0.370 e. The van der Waals surface area contributed by atoms with E-state index >= 15 is 0 Å². The summed E-state index contributed by atoms with van der Waals surface area (Å²) in [5.74, 6) is -3.56. The molecule has 0 fully saturated rings. The minimum Gasteiger partial charge on any atom is -0.370 e. The summed E-state index contributed by atoms with van der Waals surface area (Å²) in [4.78, 5) is 70.2. The van der Waals surface area contributed by atoms with E-state index in [1.54, 1.807) is 0 Å². The molecule has 48 heavy (non-hydrogen) atoms. The van der Waals surface area contributed by atoms with Gasteiger partial charge >= 0.3 is 0 Å². The second kappa shape index (κ2) is 20.6. The van der Waals surface area contributed by atoms with E-state index in [2.05, 4.69) is 15.6 Å². The first-order valence-corrected chi connectivity index (χ1v) is 16.8. The molecule has 0 aliphatic carbocycles. The smallest absolute Gasteiger partial charge is 0.224 e. The molecular weight excluding hydrogens is 608 g/mol. The molecule has 0 bridgehead atoms. The molecule has 11 heteroatoms. The Bertz CT molecular complexity index is 1360. The van der Waals surface area contributed by atoms with Gasteiger partial charge in [0.2, 0.25) is 17.7 Å². The van der Waals surface area contributed by atoms with Gasteiger partial charge in [-0.2, -0.15) is 0 Å². The van der Waals surface area contributed by atoms with Crippen molar-refractivity contribution in [3.8, 4) is 0 Å². The third-order valence-electron chi connectivity index (χ3n) is 8.21. The number of nitrogens with two attached hydrogens (primary N) is 3. The van der Waals surface area contributed by atoms with Crippen molar-refractivity contribution in [2.75, 3.05) is 6.54 Å². The molecule has 4 atom stereocenters. The van der Waals surface area contributed by atoms with Crippen LogP contribution in [0.15, 0.2) is 65.7 Å². The highest BCUT2D eigenvalue weighted by atomic mass is 16.2. The third kappa shape index (κ3) is 14.9. The number of hydrogen-bond acceptors (Lipinski definition) is 6. The number of rotatable bonds is 22. The first-order valence-electron chi connectivity index (χ1n) is 16.8. The fourth-order valence-electron chi connectivity index (χ4n) is 5.66. The van der Waals surface area contributed by atoms with Crippen LogP contribution in [0.1, 0.15) is 77.3 Å². The molecule has 0 saturated heterocycles. The molecule has 2 rings (SSSR count). The van der Waals surface area contributed by atoms with Gasteiger partial charge in [0.05, 0.1) is 12.1 Å². The number of nitrogens with zero attached hydrogens (tertiary/aromatic N) is 1. The van der Waals surface area contributed by atoms with Gasteiger partial charge in [-0.3, -0.25) is 29.0 Å². The number of aryl methyl sites for hydroxylation is 1. The van der Waals surface area contributed by atoms with Gasteiger partial charge in [-0.05, 0) is 55.1 Å². The molecule has 0 aliphatic heterocycles. The summed E-state index contributed by atoms with van der Waals surface area (Å²) in [5.41, 5.74) is 18.5. The van der Waals surface area contributed by atoms with Crippen molar-refractivity contribution in [1.82, 2.24) is 10.6 Å². The molecule has 0 spiro atoms. The summed E-state index contributed by atoms with van der Waals surface area (Å²) in [6.45, 7) is 7.83. The molecular formula is C37H54N6O5. The van der Waals surface area contributed by atoms with Crippen molar-refractivity contribution in [2.24, 2.45) is 45.9 Å². The Balaban J connectivity index is 2.16. The van der Waals surface area contributed by atoms with Crippen LogP contribution in [0.4, 0.5) is 0 Å². The number of nitrogens with one attached hydrogen (secondary N) is 2. The first-order chi connectivity index (χ1) is 22.8. The van der Waals surface area contributed by atoms with Crippen LogP contribution in [0.25, 0.3) is 0 Å². The van der Waals surface area contributed by atoms with Gasteiger partial charge in [0.1, 0.15) is 0 Å². The minimum atomic E-state index is -0.868. The van der Waals surface area contributed by atoms with Crippen molar-refractivity contribution in [3.05, 3.63) is 71.8 Å². The molecule has 262 valence electrons. The fraction of sp³-hybridized carbons (Fsp3) is 0.514. The Morgan fingerprint density at radius 1 is 0.750 bits per heavy atom. The summed E-state index contributed by atoms with van der Waals surface area (Å²) in [5, 5.41) is 5.77. The quantitative estimate of drug-likeness (QED) is 0.0724. The fourth-order valence-corrected chi connectivity index (χ4v) is 5.66. The van der Waals surface area contributed by atoms with E-state index < -0.39 is 35.7 Å². The van der Waals surface area contributed by atoms with E-state index in [1.165, 1.54) is 0 Å². The number of hydrogen-bond donors (Lipinski definition) is 5. The van der Waals surface area contributed by atoms with Gasteiger partial charge in [-0.15, -0.1) is 0 Å². The second-order valence-corrected chi connectivity index (χ2v) is 13.2. The number of Topliss-reactive ketones (excluding diaryl/α,β-unsaturated/α-hetero) is 2. The van der Waals surface area contributed by atoms with E-state index in [0.29, 0.717) is 32.1 Å². The van der Waals surface area contributed by atoms with Crippen molar-refractivity contribution in [2.45, 2.75) is 91.1 Å². The van der Waals surface area contributed by atoms with Gasteiger partial charge in [0.15, 0.2) is 17.5 Å². The molecule has 0 aliphatic rings. The van der Waals surface area contributed by atoms with Gasteiger partial charge < -0.3 is 27.8 Å². The van der Waals surface area contributed by atoms with Crippen LogP contribution >= 0.6 is 0 Å². The predicted molar refractivity (Wildman–Crippen MR) is 188 cm³/mol. The van der Waals surface area contributed by atoms with E-state index in [-0.39, 0.29) is 61.1 Å². The molecule has 2 aromatic carbocycles. The zero-order chi connectivity index (χ0) is 35.6. The number of aliphatic imine (C=N–C) groups is 1. The molecule has 4 unspecified atom stereocenters. The summed E-state index contributed by atoms with van der Waals surface area (Å²) in [7, 11) is 0.